The molecule has 0 saturated carbocycles. The summed E-state index contributed by atoms with van der Waals surface area (Å²) in [4.78, 5) is 13.4. The molecule has 0 saturated heterocycles. The fraction of sp³-hybridized carbons (Fsp3) is 0.385. The van der Waals surface area contributed by atoms with E-state index in [0.717, 1.165) is 16.9 Å². The Kier molecular flexibility index (Phi) is 4.06. The molecular formula is C13H14F3N3O2. The van der Waals surface area contributed by atoms with Crippen molar-refractivity contribution in [2.45, 2.75) is 25.7 Å². The van der Waals surface area contributed by atoms with Crippen molar-refractivity contribution in [1.82, 2.24) is 14.7 Å². The van der Waals surface area contributed by atoms with Crippen LogP contribution in [0.3, 0.4) is 0 Å². The third-order valence-corrected chi connectivity index (χ3v) is 3.16. The highest BCUT2D eigenvalue weighted by molar-refractivity contribution is 5.76. The number of hydrogen-bond donors (Lipinski definition) is 0. The average molecular weight is 301 g/mol. The molecule has 2 aromatic heterocycles. The lowest BCUT2D eigenvalue weighted by atomic mass is 10.2. The Morgan fingerprint density at radius 1 is 1.48 bits per heavy atom. The molecule has 1 unspecified atom stereocenters. The van der Waals surface area contributed by atoms with Crippen molar-refractivity contribution < 1.29 is 22.4 Å². The lowest BCUT2D eigenvalue weighted by Gasteiger charge is -2.23. The number of amides is 1. The van der Waals surface area contributed by atoms with Gasteiger partial charge >= 0.3 is 6.18 Å². The first-order valence-electron chi connectivity index (χ1n) is 6.18. The molecular weight excluding hydrogens is 287 g/mol. The van der Waals surface area contributed by atoms with Crippen LogP contribution in [0.15, 0.2) is 35.1 Å². The molecule has 0 bridgehead atoms. The van der Waals surface area contributed by atoms with Gasteiger partial charge in [-0.2, -0.15) is 18.3 Å². The van der Waals surface area contributed by atoms with E-state index in [2.05, 4.69) is 5.10 Å². The second-order valence-electron chi connectivity index (χ2n) is 4.59. The van der Waals surface area contributed by atoms with E-state index in [0.29, 0.717) is 5.76 Å². The largest absolute Gasteiger partial charge is 0.467 e. The van der Waals surface area contributed by atoms with Crippen molar-refractivity contribution in [2.24, 2.45) is 0 Å². The van der Waals surface area contributed by atoms with E-state index in [4.69, 9.17) is 4.42 Å². The maximum atomic E-state index is 12.4. The Morgan fingerprint density at radius 3 is 2.71 bits per heavy atom. The van der Waals surface area contributed by atoms with Crippen molar-refractivity contribution in [3.63, 3.8) is 0 Å². The van der Waals surface area contributed by atoms with Crippen LogP contribution >= 0.6 is 0 Å². The number of nitrogens with zero attached hydrogens (tertiary/aromatic N) is 3. The monoisotopic (exact) mass is 301 g/mol. The minimum atomic E-state index is -4.51. The number of alkyl halides is 3. The second kappa shape index (κ2) is 5.63. The predicted octanol–water partition coefficient (Wildman–Crippen LogP) is 2.71. The predicted molar refractivity (Wildman–Crippen MR) is 67.1 cm³/mol. The minimum Gasteiger partial charge on any atom is -0.467 e. The fourth-order valence-electron chi connectivity index (χ4n) is 1.79. The standard InChI is InChI=1S/C13H14F3N3O2/c1-9(10-4-3-7-21-10)18(2)12(20)8-19-6-5-11(17-19)13(14,15)16/h3-7,9H,8H2,1-2H3. The van der Waals surface area contributed by atoms with E-state index >= 15 is 0 Å². The van der Waals surface area contributed by atoms with Gasteiger partial charge in [-0.15, -0.1) is 0 Å². The highest BCUT2D eigenvalue weighted by Crippen LogP contribution is 2.27. The first-order chi connectivity index (χ1) is 9.79. The topological polar surface area (TPSA) is 51.3 Å². The Balaban J connectivity index is 2.02. The van der Waals surface area contributed by atoms with E-state index in [1.54, 1.807) is 26.1 Å². The number of carbonyl (C=O) groups excluding carboxylic acids is 1. The molecule has 21 heavy (non-hydrogen) atoms. The van der Waals surface area contributed by atoms with Crippen LogP contribution in [0.25, 0.3) is 0 Å². The van der Waals surface area contributed by atoms with Gasteiger partial charge in [-0.25, -0.2) is 0 Å². The molecule has 0 aliphatic carbocycles. The molecule has 2 heterocycles. The lowest BCUT2D eigenvalue weighted by molar-refractivity contribution is -0.142. The quantitative estimate of drug-likeness (QED) is 0.872. The Labute approximate surface area is 118 Å². The van der Waals surface area contributed by atoms with Gasteiger partial charge in [-0.3, -0.25) is 9.48 Å². The van der Waals surface area contributed by atoms with Crippen molar-refractivity contribution >= 4 is 5.91 Å². The van der Waals surface area contributed by atoms with Crippen molar-refractivity contribution in [1.29, 1.82) is 0 Å². The van der Waals surface area contributed by atoms with Gasteiger partial charge in [-0.05, 0) is 25.1 Å². The summed E-state index contributed by atoms with van der Waals surface area (Å²) in [5.41, 5.74) is -1.02. The maximum Gasteiger partial charge on any atom is 0.435 e. The Hall–Kier alpha value is -2.25. The molecule has 1 amide bonds. The van der Waals surface area contributed by atoms with E-state index < -0.39 is 11.9 Å². The number of carbonyl (C=O) groups is 1. The number of furan rings is 1. The summed E-state index contributed by atoms with van der Waals surface area (Å²) in [5, 5.41) is 3.35. The zero-order chi connectivity index (χ0) is 15.6. The third-order valence-electron chi connectivity index (χ3n) is 3.16. The van der Waals surface area contributed by atoms with Gasteiger partial charge in [0.15, 0.2) is 5.69 Å². The molecule has 0 aliphatic heterocycles. The van der Waals surface area contributed by atoms with Gasteiger partial charge < -0.3 is 9.32 Å². The van der Waals surface area contributed by atoms with Crippen LogP contribution in [-0.4, -0.2) is 27.6 Å². The molecule has 2 aromatic rings. The lowest BCUT2D eigenvalue weighted by Crippen LogP contribution is -2.32. The highest BCUT2D eigenvalue weighted by atomic mass is 19.4. The molecule has 5 nitrogen and oxygen atoms in total. The summed E-state index contributed by atoms with van der Waals surface area (Å²) in [6.07, 6.45) is -1.89. The van der Waals surface area contributed by atoms with Crippen LogP contribution in [0.4, 0.5) is 13.2 Å². The summed E-state index contributed by atoms with van der Waals surface area (Å²) in [5.74, 6) is 0.234. The maximum absolute atomic E-state index is 12.4. The van der Waals surface area contributed by atoms with Gasteiger partial charge in [0, 0.05) is 13.2 Å². The molecule has 0 radical (unpaired) electrons. The van der Waals surface area contributed by atoms with Gasteiger partial charge in [0.1, 0.15) is 12.3 Å². The first-order valence-corrected chi connectivity index (χ1v) is 6.18. The molecule has 0 N–H and O–H groups in total. The molecule has 0 aliphatic rings. The summed E-state index contributed by atoms with van der Waals surface area (Å²) in [6.45, 7) is 1.50. The van der Waals surface area contributed by atoms with Crippen LogP contribution in [0, 0.1) is 0 Å². The third kappa shape index (κ3) is 3.45. The normalized spacial score (nSPS) is 13.2. The number of aromatic nitrogens is 2. The number of likely N-dealkylation sites (N-methyl/N-ethyl adjacent to an activating group) is 1. The number of rotatable bonds is 4. The van der Waals surface area contributed by atoms with Crippen LogP contribution in [0.1, 0.15) is 24.4 Å². The van der Waals surface area contributed by atoms with E-state index in [-0.39, 0.29) is 18.5 Å². The number of hydrogen-bond acceptors (Lipinski definition) is 3. The summed E-state index contributed by atoms with van der Waals surface area (Å²) in [6, 6.07) is 3.95. The van der Waals surface area contributed by atoms with Gasteiger partial charge in [0.25, 0.3) is 0 Å². The highest BCUT2D eigenvalue weighted by Gasteiger charge is 2.33. The Morgan fingerprint density at radius 2 is 2.19 bits per heavy atom. The summed E-state index contributed by atoms with van der Waals surface area (Å²) in [7, 11) is 1.56. The van der Waals surface area contributed by atoms with Crippen molar-refractivity contribution in [3.05, 3.63) is 42.1 Å². The SMILES string of the molecule is CC(c1ccco1)N(C)C(=O)Cn1ccc(C(F)(F)F)n1. The fourth-order valence-corrected chi connectivity index (χ4v) is 1.79. The molecule has 0 aromatic carbocycles. The van der Waals surface area contributed by atoms with Crippen LogP contribution < -0.4 is 0 Å². The zero-order valence-electron chi connectivity index (χ0n) is 11.5. The van der Waals surface area contributed by atoms with E-state index in [1.807, 2.05) is 0 Å². The molecule has 114 valence electrons. The zero-order valence-corrected chi connectivity index (χ0v) is 11.5. The molecule has 2 rings (SSSR count). The molecule has 0 fully saturated rings. The van der Waals surface area contributed by atoms with Crippen molar-refractivity contribution in [2.75, 3.05) is 7.05 Å². The van der Waals surface area contributed by atoms with Crippen LogP contribution in [0.5, 0.6) is 0 Å². The van der Waals surface area contributed by atoms with E-state index in [9.17, 15) is 18.0 Å². The van der Waals surface area contributed by atoms with Gasteiger partial charge in [-0.1, -0.05) is 0 Å². The molecule has 1 atom stereocenters. The second-order valence-corrected chi connectivity index (χ2v) is 4.59. The minimum absolute atomic E-state index is 0.266. The smallest absolute Gasteiger partial charge is 0.435 e. The van der Waals surface area contributed by atoms with Crippen molar-refractivity contribution in [3.8, 4) is 0 Å². The van der Waals surface area contributed by atoms with Crippen LogP contribution in [0.2, 0.25) is 0 Å². The first kappa shape index (κ1) is 15.1. The Bertz CT molecular complexity index is 604. The summed E-state index contributed by atoms with van der Waals surface area (Å²) >= 11 is 0. The molecule has 8 heteroatoms. The van der Waals surface area contributed by atoms with Crippen LogP contribution in [-0.2, 0) is 17.5 Å². The number of halogens is 3. The van der Waals surface area contributed by atoms with E-state index in [1.165, 1.54) is 11.2 Å². The summed E-state index contributed by atoms with van der Waals surface area (Å²) < 4.78 is 43.5. The van der Waals surface area contributed by atoms with Gasteiger partial charge in [0.05, 0.1) is 12.3 Å². The van der Waals surface area contributed by atoms with Gasteiger partial charge in [0.2, 0.25) is 5.91 Å². The average Bonchev–Trinajstić information content (AvgIpc) is 3.06. The molecule has 0 spiro atoms.